The summed E-state index contributed by atoms with van der Waals surface area (Å²) in [6.07, 6.45) is 3.23. The largest absolute Gasteiger partial charge is 0.494 e. The van der Waals surface area contributed by atoms with Crippen molar-refractivity contribution >= 4 is 17.8 Å². The second kappa shape index (κ2) is 12.9. The van der Waals surface area contributed by atoms with Crippen LogP contribution in [-0.2, 0) is 9.53 Å². The minimum Gasteiger partial charge on any atom is -0.494 e. The number of ether oxygens (including phenoxy) is 3. The van der Waals surface area contributed by atoms with Gasteiger partial charge in [0.15, 0.2) is 6.61 Å². The van der Waals surface area contributed by atoms with Gasteiger partial charge in [-0.15, -0.1) is 0 Å². The van der Waals surface area contributed by atoms with Crippen LogP contribution in [0.3, 0.4) is 0 Å². The van der Waals surface area contributed by atoms with Gasteiger partial charge in [-0.1, -0.05) is 19.8 Å². The summed E-state index contributed by atoms with van der Waals surface area (Å²) in [5.41, 5.74) is 5.40. The third-order valence-electron chi connectivity index (χ3n) is 4.18. The highest BCUT2D eigenvalue weighted by atomic mass is 16.5. The molecule has 2 N–H and O–H groups in total. The van der Waals surface area contributed by atoms with E-state index in [0.29, 0.717) is 35.8 Å². The Morgan fingerprint density at radius 1 is 0.774 bits per heavy atom. The van der Waals surface area contributed by atoms with Crippen molar-refractivity contribution in [2.24, 2.45) is 0 Å². The summed E-state index contributed by atoms with van der Waals surface area (Å²) < 4.78 is 15.8. The topological polar surface area (TPSA) is 103 Å². The Labute approximate surface area is 181 Å². The molecule has 0 aliphatic rings. The zero-order chi connectivity index (χ0) is 22.5. The Morgan fingerprint density at radius 2 is 1.39 bits per heavy atom. The number of carbonyl (C=O) groups is 3. The molecule has 2 aromatic carbocycles. The summed E-state index contributed by atoms with van der Waals surface area (Å²) >= 11 is 0. The van der Waals surface area contributed by atoms with Crippen LogP contribution in [-0.4, -0.2) is 37.6 Å². The number of esters is 1. The molecule has 166 valence electrons. The summed E-state index contributed by atoms with van der Waals surface area (Å²) in [5, 5.41) is 0. The minimum atomic E-state index is -0.529. The monoisotopic (exact) mass is 428 g/mol. The molecule has 2 rings (SSSR count). The fourth-order valence-corrected chi connectivity index (χ4v) is 2.53. The number of benzene rings is 2. The van der Waals surface area contributed by atoms with Gasteiger partial charge in [-0.3, -0.25) is 20.4 Å². The van der Waals surface area contributed by atoms with E-state index in [-0.39, 0.29) is 6.61 Å². The minimum absolute atomic E-state index is 0.292. The highest BCUT2D eigenvalue weighted by Gasteiger charge is 2.09. The van der Waals surface area contributed by atoms with Crippen LogP contribution >= 0.6 is 0 Å². The van der Waals surface area contributed by atoms with Gasteiger partial charge in [0.05, 0.1) is 18.8 Å². The number of carbonyl (C=O) groups excluding carboxylic acids is 3. The van der Waals surface area contributed by atoms with Crippen LogP contribution in [0.1, 0.15) is 53.8 Å². The first kappa shape index (κ1) is 23.7. The van der Waals surface area contributed by atoms with E-state index in [9.17, 15) is 14.4 Å². The summed E-state index contributed by atoms with van der Waals surface area (Å²) in [7, 11) is 0. The number of hydrazine groups is 1. The Balaban J connectivity index is 1.72. The fourth-order valence-electron chi connectivity index (χ4n) is 2.53. The third kappa shape index (κ3) is 8.38. The molecule has 0 aliphatic heterocycles. The van der Waals surface area contributed by atoms with E-state index in [2.05, 4.69) is 17.8 Å². The number of nitrogens with one attached hydrogen (secondary N) is 2. The lowest BCUT2D eigenvalue weighted by molar-refractivity contribution is -0.123. The molecule has 31 heavy (non-hydrogen) atoms. The van der Waals surface area contributed by atoms with Crippen molar-refractivity contribution < 1.29 is 28.6 Å². The lowest BCUT2D eigenvalue weighted by Crippen LogP contribution is -2.43. The maximum Gasteiger partial charge on any atom is 0.338 e. The summed E-state index contributed by atoms with van der Waals surface area (Å²) in [5.74, 6) is -0.308. The quantitative estimate of drug-likeness (QED) is 0.323. The molecule has 8 heteroatoms. The van der Waals surface area contributed by atoms with Gasteiger partial charge in [-0.25, -0.2) is 4.79 Å². The molecule has 0 saturated carbocycles. The van der Waals surface area contributed by atoms with E-state index < -0.39 is 17.8 Å². The summed E-state index contributed by atoms with van der Waals surface area (Å²) in [6, 6.07) is 12.9. The van der Waals surface area contributed by atoms with Gasteiger partial charge in [-0.05, 0) is 61.9 Å². The lowest BCUT2D eigenvalue weighted by Gasteiger charge is -2.10. The maximum absolute atomic E-state index is 12.1. The molecule has 0 fully saturated rings. The number of hydrogen-bond acceptors (Lipinski definition) is 6. The predicted molar refractivity (Wildman–Crippen MR) is 115 cm³/mol. The highest BCUT2D eigenvalue weighted by molar-refractivity contribution is 5.95. The Hall–Kier alpha value is -3.55. The molecule has 0 radical (unpaired) electrons. The number of rotatable bonds is 11. The van der Waals surface area contributed by atoms with Gasteiger partial charge in [0.1, 0.15) is 11.5 Å². The van der Waals surface area contributed by atoms with Gasteiger partial charge < -0.3 is 14.2 Å². The van der Waals surface area contributed by atoms with E-state index in [1.807, 2.05) is 0 Å². The van der Waals surface area contributed by atoms with Gasteiger partial charge in [0.25, 0.3) is 11.8 Å². The fraction of sp³-hybridized carbons (Fsp3) is 0.348. The van der Waals surface area contributed by atoms with Gasteiger partial charge in [-0.2, -0.15) is 0 Å². The smallest absolute Gasteiger partial charge is 0.338 e. The first-order valence-electron chi connectivity index (χ1n) is 10.3. The van der Waals surface area contributed by atoms with Crippen molar-refractivity contribution in [1.29, 1.82) is 0 Å². The number of amides is 2. The van der Waals surface area contributed by atoms with Gasteiger partial charge in [0.2, 0.25) is 0 Å². The van der Waals surface area contributed by atoms with Crippen LogP contribution in [0.5, 0.6) is 11.5 Å². The van der Waals surface area contributed by atoms with E-state index in [1.165, 1.54) is 0 Å². The van der Waals surface area contributed by atoms with Gasteiger partial charge >= 0.3 is 5.97 Å². The van der Waals surface area contributed by atoms with Crippen LogP contribution < -0.4 is 20.3 Å². The average Bonchev–Trinajstić information content (AvgIpc) is 2.80. The number of hydrogen-bond donors (Lipinski definition) is 2. The van der Waals surface area contributed by atoms with Crippen molar-refractivity contribution in [2.45, 2.75) is 33.1 Å². The highest BCUT2D eigenvalue weighted by Crippen LogP contribution is 2.14. The first-order valence-corrected chi connectivity index (χ1v) is 10.3. The predicted octanol–water partition coefficient (Wildman–Crippen LogP) is 3.27. The Morgan fingerprint density at radius 3 is 2.00 bits per heavy atom. The van der Waals surface area contributed by atoms with E-state index >= 15 is 0 Å². The zero-order valence-electron chi connectivity index (χ0n) is 17.8. The van der Waals surface area contributed by atoms with Crippen molar-refractivity contribution in [2.75, 3.05) is 19.8 Å². The second-order valence-electron chi connectivity index (χ2n) is 6.62. The molecule has 0 aromatic heterocycles. The van der Waals surface area contributed by atoms with Gasteiger partial charge in [0, 0.05) is 5.56 Å². The molecular formula is C23H28N2O6. The zero-order valence-corrected chi connectivity index (χ0v) is 17.8. The van der Waals surface area contributed by atoms with Crippen molar-refractivity contribution in [1.82, 2.24) is 10.9 Å². The summed E-state index contributed by atoms with van der Waals surface area (Å²) in [4.78, 5) is 35.6. The Kier molecular flexibility index (Phi) is 9.87. The van der Waals surface area contributed by atoms with Crippen LogP contribution in [0.4, 0.5) is 0 Å². The second-order valence-corrected chi connectivity index (χ2v) is 6.62. The van der Waals surface area contributed by atoms with E-state index in [4.69, 9.17) is 14.2 Å². The van der Waals surface area contributed by atoms with Crippen LogP contribution in [0, 0.1) is 0 Å². The Bertz CT molecular complexity index is 849. The molecule has 0 bridgehead atoms. The molecule has 2 aromatic rings. The van der Waals surface area contributed by atoms with Crippen molar-refractivity contribution in [3.63, 3.8) is 0 Å². The first-order chi connectivity index (χ1) is 15.0. The summed E-state index contributed by atoms with van der Waals surface area (Å²) in [6.45, 7) is 4.49. The molecule has 0 atom stereocenters. The molecule has 0 unspecified atom stereocenters. The molecule has 0 saturated heterocycles. The normalized spacial score (nSPS) is 10.1. The molecular weight excluding hydrogens is 400 g/mol. The SMILES string of the molecule is CCCCCOc1ccc(C(=O)NNC(=O)COc2ccc(C(=O)OCC)cc2)cc1. The molecule has 0 aliphatic carbocycles. The average molecular weight is 428 g/mol. The molecule has 2 amide bonds. The third-order valence-corrected chi connectivity index (χ3v) is 4.18. The van der Waals surface area contributed by atoms with E-state index in [1.54, 1.807) is 55.5 Å². The van der Waals surface area contributed by atoms with Crippen LogP contribution in [0.2, 0.25) is 0 Å². The number of unbranched alkanes of at least 4 members (excludes halogenated alkanes) is 2. The van der Waals surface area contributed by atoms with Crippen LogP contribution in [0.15, 0.2) is 48.5 Å². The molecule has 8 nitrogen and oxygen atoms in total. The molecule has 0 heterocycles. The standard InChI is InChI=1S/C23H28N2O6/c1-3-5-6-15-30-19-11-7-17(8-12-19)22(27)25-24-21(26)16-31-20-13-9-18(10-14-20)23(28)29-4-2/h7-14H,3-6,15-16H2,1-2H3,(H,24,26)(H,25,27). The van der Waals surface area contributed by atoms with Crippen molar-refractivity contribution in [3.8, 4) is 11.5 Å². The van der Waals surface area contributed by atoms with Crippen molar-refractivity contribution in [3.05, 3.63) is 59.7 Å². The lowest BCUT2D eigenvalue weighted by atomic mass is 10.2. The maximum atomic E-state index is 12.1. The van der Waals surface area contributed by atoms with Crippen LogP contribution in [0.25, 0.3) is 0 Å². The molecule has 0 spiro atoms. The van der Waals surface area contributed by atoms with E-state index in [0.717, 1.165) is 19.3 Å².